The van der Waals surface area contributed by atoms with Crippen molar-refractivity contribution >= 4 is 15.9 Å². The number of halogens is 1. The van der Waals surface area contributed by atoms with Gasteiger partial charge in [0.1, 0.15) is 5.75 Å². The molecule has 0 saturated heterocycles. The summed E-state index contributed by atoms with van der Waals surface area (Å²) in [5, 5.41) is 0. The van der Waals surface area contributed by atoms with E-state index < -0.39 is 0 Å². The Morgan fingerprint density at radius 3 is 2.56 bits per heavy atom. The van der Waals surface area contributed by atoms with Gasteiger partial charge in [-0.3, -0.25) is 4.98 Å². The average molecular weight is 307 g/mol. The summed E-state index contributed by atoms with van der Waals surface area (Å²) < 4.78 is 6.68. The maximum absolute atomic E-state index is 5.73. The van der Waals surface area contributed by atoms with E-state index in [9.17, 15) is 0 Å². The average Bonchev–Trinajstić information content (AvgIpc) is 2.42. The van der Waals surface area contributed by atoms with Gasteiger partial charge >= 0.3 is 0 Å². The molecule has 18 heavy (non-hydrogen) atoms. The first-order chi connectivity index (χ1) is 8.79. The summed E-state index contributed by atoms with van der Waals surface area (Å²) >= 11 is 3.48. The van der Waals surface area contributed by atoms with E-state index in [1.54, 1.807) is 12.4 Å². The molecule has 2 aromatic rings. The lowest BCUT2D eigenvalue weighted by molar-refractivity contribution is 0.320. The number of nitrogens with two attached hydrogens (primary N) is 1. The Morgan fingerprint density at radius 1 is 1.11 bits per heavy atom. The molecular formula is C14H15BrN2O. The molecule has 0 unspecified atom stereocenters. The van der Waals surface area contributed by atoms with Gasteiger partial charge < -0.3 is 10.5 Å². The second-order valence-corrected chi connectivity index (χ2v) is 4.78. The topological polar surface area (TPSA) is 48.1 Å². The zero-order valence-electron chi connectivity index (χ0n) is 9.97. The normalized spacial score (nSPS) is 10.3. The Morgan fingerprint density at radius 2 is 1.89 bits per heavy atom. The Kier molecular flexibility index (Phi) is 4.73. The van der Waals surface area contributed by atoms with Gasteiger partial charge in [0.05, 0.1) is 11.1 Å². The summed E-state index contributed by atoms with van der Waals surface area (Å²) in [5.41, 5.74) is 7.89. The van der Waals surface area contributed by atoms with Crippen LogP contribution in [-0.2, 0) is 13.0 Å². The molecule has 0 fully saturated rings. The van der Waals surface area contributed by atoms with Crippen LogP contribution in [0.15, 0.2) is 47.2 Å². The first kappa shape index (κ1) is 13.1. The van der Waals surface area contributed by atoms with Crippen molar-refractivity contribution in [1.82, 2.24) is 4.98 Å². The van der Waals surface area contributed by atoms with Gasteiger partial charge in [-0.2, -0.15) is 0 Å². The van der Waals surface area contributed by atoms with Crippen LogP contribution in [0, 0.1) is 0 Å². The zero-order valence-corrected chi connectivity index (χ0v) is 11.6. The second-order valence-electron chi connectivity index (χ2n) is 3.92. The van der Waals surface area contributed by atoms with Gasteiger partial charge in [0.15, 0.2) is 0 Å². The van der Waals surface area contributed by atoms with Crippen molar-refractivity contribution in [3.05, 3.63) is 58.3 Å². The number of nitrogens with zero attached hydrogens (tertiary/aromatic N) is 1. The van der Waals surface area contributed by atoms with E-state index >= 15 is 0 Å². The molecule has 0 radical (unpaired) electrons. The molecule has 2 rings (SSSR count). The van der Waals surface area contributed by atoms with Crippen molar-refractivity contribution in [2.45, 2.75) is 13.0 Å². The highest BCUT2D eigenvalue weighted by atomic mass is 79.9. The summed E-state index contributed by atoms with van der Waals surface area (Å²) in [6.45, 7) is 1.18. The van der Waals surface area contributed by atoms with Gasteiger partial charge in [-0.25, -0.2) is 0 Å². The lowest BCUT2D eigenvalue weighted by atomic mass is 10.2. The van der Waals surface area contributed by atoms with Crippen LogP contribution in [0.1, 0.15) is 11.1 Å². The van der Waals surface area contributed by atoms with Crippen molar-refractivity contribution in [2.24, 2.45) is 5.73 Å². The summed E-state index contributed by atoms with van der Waals surface area (Å²) in [6, 6.07) is 9.90. The van der Waals surface area contributed by atoms with Crippen LogP contribution >= 0.6 is 15.9 Å². The molecule has 1 heterocycles. The molecule has 94 valence electrons. The van der Waals surface area contributed by atoms with E-state index in [0.29, 0.717) is 13.2 Å². The quantitative estimate of drug-likeness (QED) is 0.924. The van der Waals surface area contributed by atoms with Gasteiger partial charge in [-0.15, -0.1) is 0 Å². The van der Waals surface area contributed by atoms with Crippen molar-refractivity contribution in [3.63, 3.8) is 0 Å². The molecule has 0 saturated carbocycles. The minimum atomic E-state index is 0.538. The summed E-state index contributed by atoms with van der Waals surface area (Å²) in [4.78, 5) is 3.98. The Balaban J connectivity index is 1.91. The van der Waals surface area contributed by atoms with E-state index in [-0.39, 0.29) is 0 Å². The van der Waals surface area contributed by atoms with Crippen LogP contribution in [0.2, 0.25) is 0 Å². The minimum Gasteiger partial charge on any atom is -0.492 e. The standard InChI is InChI=1S/C14H15BrN2O/c15-13-9-12(10-16)1-2-14(13)18-8-5-11-3-6-17-7-4-11/h1-4,6-7,9H,5,8,10,16H2. The number of hydrogen-bond acceptors (Lipinski definition) is 3. The molecule has 0 aliphatic heterocycles. The minimum absolute atomic E-state index is 0.538. The van der Waals surface area contributed by atoms with Crippen LogP contribution in [0.5, 0.6) is 5.75 Å². The van der Waals surface area contributed by atoms with E-state index in [4.69, 9.17) is 10.5 Å². The number of ether oxygens (including phenoxy) is 1. The highest BCUT2D eigenvalue weighted by molar-refractivity contribution is 9.10. The molecule has 3 nitrogen and oxygen atoms in total. The first-order valence-electron chi connectivity index (χ1n) is 5.80. The largest absolute Gasteiger partial charge is 0.492 e. The molecule has 0 spiro atoms. The monoisotopic (exact) mass is 306 g/mol. The smallest absolute Gasteiger partial charge is 0.133 e. The predicted octanol–water partition coefficient (Wildman–Crippen LogP) is 2.92. The number of hydrogen-bond donors (Lipinski definition) is 1. The molecule has 0 aliphatic carbocycles. The summed E-state index contributed by atoms with van der Waals surface area (Å²) in [6.07, 6.45) is 4.45. The highest BCUT2D eigenvalue weighted by Gasteiger charge is 2.02. The Hall–Kier alpha value is -1.39. The molecular weight excluding hydrogens is 292 g/mol. The lowest BCUT2D eigenvalue weighted by Gasteiger charge is -2.09. The summed E-state index contributed by atoms with van der Waals surface area (Å²) in [5.74, 6) is 0.848. The Labute approximate surface area is 115 Å². The molecule has 0 amide bonds. The number of pyridine rings is 1. The van der Waals surface area contributed by atoms with Gasteiger partial charge in [-0.05, 0) is 51.3 Å². The van der Waals surface area contributed by atoms with Crippen LogP contribution in [0.4, 0.5) is 0 Å². The van der Waals surface area contributed by atoms with Gasteiger partial charge in [-0.1, -0.05) is 6.07 Å². The predicted molar refractivity (Wildman–Crippen MR) is 75.5 cm³/mol. The zero-order chi connectivity index (χ0) is 12.8. The Bertz CT molecular complexity index is 502. The third-order valence-electron chi connectivity index (χ3n) is 2.63. The SMILES string of the molecule is NCc1ccc(OCCc2ccncc2)c(Br)c1. The van der Waals surface area contributed by atoms with E-state index in [2.05, 4.69) is 20.9 Å². The molecule has 2 N–H and O–H groups in total. The van der Waals surface area contributed by atoms with Crippen molar-refractivity contribution < 1.29 is 4.74 Å². The highest BCUT2D eigenvalue weighted by Crippen LogP contribution is 2.26. The maximum atomic E-state index is 5.73. The first-order valence-corrected chi connectivity index (χ1v) is 6.59. The fourth-order valence-corrected chi connectivity index (χ4v) is 2.16. The van der Waals surface area contributed by atoms with Crippen molar-refractivity contribution in [3.8, 4) is 5.75 Å². The van der Waals surface area contributed by atoms with Gasteiger partial charge in [0.2, 0.25) is 0 Å². The molecule has 0 aliphatic rings. The van der Waals surface area contributed by atoms with Gasteiger partial charge in [0, 0.05) is 25.4 Å². The number of aromatic nitrogens is 1. The van der Waals surface area contributed by atoms with Crippen LogP contribution < -0.4 is 10.5 Å². The second kappa shape index (κ2) is 6.52. The van der Waals surface area contributed by atoms with Crippen molar-refractivity contribution in [2.75, 3.05) is 6.61 Å². The molecule has 0 bridgehead atoms. The molecule has 4 heteroatoms. The number of benzene rings is 1. The molecule has 1 aromatic carbocycles. The van der Waals surface area contributed by atoms with E-state index in [1.807, 2.05) is 30.3 Å². The fraction of sp³-hybridized carbons (Fsp3) is 0.214. The third-order valence-corrected chi connectivity index (χ3v) is 3.25. The fourth-order valence-electron chi connectivity index (χ4n) is 1.62. The van der Waals surface area contributed by atoms with Crippen LogP contribution in [-0.4, -0.2) is 11.6 Å². The molecule has 0 atom stereocenters. The maximum Gasteiger partial charge on any atom is 0.133 e. The van der Waals surface area contributed by atoms with Crippen LogP contribution in [0.3, 0.4) is 0 Å². The third kappa shape index (κ3) is 3.55. The number of rotatable bonds is 5. The van der Waals surface area contributed by atoms with E-state index in [1.165, 1.54) is 5.56 Å². The molecule has 1 aromatic heterocycles. The van der Waals surface area contributed by atoms with E-state index in [0.717, 1.165) is 22.2 Å². The van der Waals surface area contributed by atoms with Gasteiger partial charge in [0.25, 0.3) is 0 Å². The van der Waals surface area contributed by atoms with Crippen LogP contribution in [0.25, 0.3) is 0 Å². The lowest BCUT2D eigenvalue weighted by Crippen LogP contribution is -2.02. The van der Waals surface area contributed by atoms with Crippen molar-refractivity contribution in [1.29, 1.82) is 0 Å². The summed E-state index contributed by atoms with van der Waals surface area (Å²) in [7, 11) is 0.